The van der Waals surface area contributed by atoms with Crippen LogP contribution >= 0.6 is 0 Å². The van der Waals surface area contributed by atoms with Gasteiger partial charge in [0.1, 0.15) is 17.8 Å². The van der Waals surface area contributed by atoms with Crippen LogP contribution < -0.4 is 28.7 Å². The Hall–Kier alpha value is -2.89. The largest absolute Gasteiger partial charge is 0.508 e. The van der Waals surface area contributed by atoms with Gasteiger partial charge in [0, 0.05) is 6.54 Å². The number of carbonyl (C=O) groups is 2. The van der Waals surface area contributed by atoms with E-state index in [-0.39, 0.29) is 18.1 Å². The molecular formula is C17H32N6O5. The second-order valence-electron chi connectivity index (χ2n) is 5.62. The number of aliphatic imine (C=N–C) groups is 1. The van der Waals surface area contributed by atoms with Crippen molar-refractivity contribution in [2.24, 2.45) is 33.7 Å². The van der Waals surface area contributed by atoms with E-state index in [4.69, 9.17) is 44.0 Å². The van der Waals surface area contributed by atoms with E-state index < -0.39 is 24.0 Å². The van der Waals surface area contributed by atoms with Crippen LogP contribution in [-0.4, -0.2) is 58.4 Å². The molecule has 0 saturated carbocycles. The van der Waals surface area contributed by atoms with Crippen LogP contribution in [0.3, 0.4) is 0 Å². The van der Waals surface area contributed by atoms with Crippen molar-refractivity contribution in [2.75, 3.05) is 13.1 Å². The van der Waals surface area contributed by atoms with Gasteiger partial charge in [-0.3, -0.25) is 14.6 Å². The van der Waals surface area contributed by atoms with Crippen molar-refractivity contribution in [3.05, 3.63) is 29.8 Å². The molecule has 0 aliphatic rings. The Bertz CT molecular complexity index is 590. The molecule has 11 nitrogen and oxygen atoms in total. The molecule has 28 heavy (non-hydrogen) atoms. The van der Waals surface area contributed by atoms with Gasteiger partial charge in [0.2, 0.25) is 0 Å². The number of phenolic OH excluding ortho intramolecular Hbond substituents is 1. The number of hydrogen-bond acceptors (Lipinski definition) is 7. The molecule has 0 aliphatic heterocycles. The number of nitrogens with two attached hydrogens (primary N) is 5. The maximum Gasteiger partial charge on any atom is 0.320 e. The Morgan fingerprint density at radius 3 is 1.89 bits per heavy atom. The van der Waals surface area contributed by atoms with E-state index in [1.165, 1.54) is 12.1 Å². The van der Waals surface area contributed by atoms with Gasteiger partial charge >= 0.3 is 11.9 Å². The smallest absolute Gasteiger partial charge is 0.320 e. The van der Waals surface area contributed by atoms with Crippen molar-refractivity contribution in [2.45, 2.75) is 38.3 Å². The van der Waals surface area contributed by atoms with E-state index in [1.807, 2.05) is 6.92 Å². The van der Waals surface area contributed by atoms with Crippen LogP contribution in [0.4, 0.5) is 0 Å². The molecule has 11 heteroatoms. The summed E-state index contributed by atoms with van der Waals surface area (Å²) in [5.74, 6) is -1.85. The molecule has 0 amide bonds. The molecule has 0 heterocycles. The van der Waals surface area contributed by atoms with Gasteiger partial charge in [-0.2, -0.15) is 0 Å². The molecule has 2 atom stereocenters. The minimum Gasteiger partial charge on any atom is -0.508 e. The summed E-state index contributed by atoms with van der Waals surface area (Å²) in [5.41, 5.74) is 26.3. The van der Waals surface area contributed by atoms with Crippen molar-refractivity contribution in [3.8, 4) is 5.75 Å². The number of aliphatic carboxylic acids is 2. The Morgan fingerprint density at radius 1 is 1.04 bits per heavy atom. The Labute approximate surface area is 164 Å². The zero-order chi connectivity index (χ0) is 22.1. The zero-order valence-corrected chi connectivity index (χ0v) is 16.0. The van der Waals surface area contributed by atoms with Crippen molar-refractivity contribution in [1.29, 1.82) is 0 Å². The van der Waals surface area contributed by atoms with E-state index in [2.05, 4.69) is 4.99 Å². The van der Waals surface area contributed by atoms with E-state index >= 15 is 0 Å². The lowest BCUT2D eigenvalue weighted by Crippen LogP contribution is -2.32. The number of nitrogens with zero attached hydrogens (tertiary/aromatic N) is 1. The summed E-state index contributed by atoms with van der Waals surface area (Å²) in [6.07, 6.45) is 1.23. The van der Waals surface area contributed by atoms with E-state index in [1.54, 1.807) is 12.1 Å². The van der Waals surface area contributed by atoms with Crippen LogP contribution in [0.15, 0.2) is 29.3 Å². The quantitative estimate of drug-likeness (QED) is 0.147. The number of phenols is 1. The third kappa shape index (κ3) is 16.6. The number of aromatic hydroxyl groups is 1. The number of hydrogen-bond donors (Lipinski definition) is 8. The predicted molar refractivity (Wildman–Crippen MR) is 108 cm³/mol. The summed E-state index contributed by atoms with van der Waals surface area (Å²) >= 11 is 0. The van der Waals surface area contributed by atoms with Gasteiger partial charge in [-0.05, 0) is 43.5 Å². The standard InChI is InChI=1S/C9H11NO3.C6H14N4O2.C2H7N/c10-8(9(12)13)5-6-1-3-7(11)4-2-6;7-4(5(11)12)2-1-3-10-6(8)9;1-2-3/h1-4,8,11H,5,10H2,(H,12,13);4H,1-3,7H2,(H,11,12)(H4,8,9,10);2-3H2,1H3. The highest BCUT2D eigenvalue weighted by atomic mass is 16.4. The first kappa shape index (κ1) is 27.3. The van der Waals surface area contributed by atoms with Gasteiger partial charge < -0.3 is 44.0 Å². The van der Waals surface area contributed by atoms with Gasteiger partial charge in [-0.25, -0.2) is 0 Å². The summed E-state index contributed by atoms with van der Waals surface area (Å²) in [4.78, 5) is 24.3. The molecule has 0 bridgehead atoms. The molecule has 1 aromatic rings. The van der Waals surface area contributed by atoms with Crippen LogP contribution in [0.1, 0.15) is 25.3 Å². The molecule has 0 spiro atoms. The molecule has 0 aromatic heterocycles. The van der Waals surface area contributed by atoms with Crippen LogP contribution in [0, 0.1) is 0 Å². The van der Waals surface area contributed by atoms with Crippen molar-refractivity contribution >= 4 is 17.9 Å². The zero-order valence-electron chi connectivity index (χ0n) is 16.0. The fourth-order valence-electron chi connectivity index (χ4n) is 1.62. The highest BCUT2D eigenvalue weighted by Gasteiger charge is 2.11. The minimum absolute atomic E-state index is 0.0129. The lowest BCUT2D eigenvalue weighted by Gasteiger charge is -2.05. The summed E-state index contributed by atoms with van der Waals surface area (Å²) in [7, 11) is 0. The average Bonchev–Trinajstić information content (AvgIpc) is 2.61. The minimum atomic E-state index is -1.02. The van der Waals surface area contributed by atoms with Gasteiger partial charge in [0.05, 0.1) is 0 Å². The summed E-state index contributed by atoms with van der Waals surface area (Å²) in [5, 5.41) is 25.9. The Kier molecular flexibility index (Phi) is 15.9. The number of carboxylic acids is 2. The molecular weight excluding hydrogens is 368 g/mol. The van der Waals surface area contributed by atoms with E-state index in [9.17, 15) is 9.59 Å². The highest BCUT2D eigenvalue weighted by Crippen LogP contribution is 2.10. The van der Waals surface area contributed by atoms with E-state index in [0.717, 1.165) is 12.1 Å². The third-order valence-electron chi connectivity index (χ3n) is 2.99. The molecule has 13 N–H and O–H groups in total. The van der Waals surface area contributed by atoms with Crippen LogP contribution in [-0.2, 0) is 16.0 Å². The predicted octanol–water partition coefficient (Wildman–Crippen LogP) is -1.24. The van der Waals surface area contributed by atoms with Crippen molar-refractivity contribution < 1.29 is 24.9 Å². The highest BCUT2D eigenvalue weighted by molar-refractivity contribution is 5.75. The fraction of sp³-hybridized carbons (Fsp3) is 0.471. The lowest BCUT2D eigenvalue weighted by molar-refractivity contribution is -0.139. The Morgan fingerprint density at radius 2 is 1.50 bits per heavy atom. The molecule has 2 unspecified atom stereocenters. The summed E-state index contributed by atoms with van der Waals surface area (Å²) in [6.45, 7) is 3.07. The second-order valence-corrected chi connectivity index (χ2v) is 5.62. The molecule has 0 saturated heterocycles. The van der Waals surface area contributed by atoms with Crippen molar-refractivity contribution in [1.82, 2.24) is 0 Å². The van der Waals surface area contributed by atoms with Crippen LogP contribution in [0.25, 0.3) is 0 Å². The third-order valence-corrected chi connectivity index (χ3v) is 2.99. The van der Waals surface area contributed by atoms with Crippen molar-refractivity contribution in [3.63, 3.8) is 0 Å². The van der Waals surface area contributed by atoms with Crippen LogP contribution in [0.5, 0.6) is 5.75 Å². The normalized spacial score (nSPS) is 11.6. The first-order valence-corrected chi connectivity index (χ1v) is 8.55. The maximum absolute atomic E-state index is 10.4. The number of guanidine groups is 1. The maximum atomic E-state index is 10.4. The molecule has 0 fully saturated rings. The first-order valence-electron chi connectivity index (χ1n) is 8.55. The second kappa shape index (κ2) is 16.3. The first-order chi connectivity index (χ1) is 13.0. The topological polar surface area (TPSA) is 237 Å². The van der Waals surface area contributed by atoms with Gasteiger partial charge in [0.25, 0.3) is 0 Å². The van der Waals surface area contributed by atoms with Gasteiger partial charge in [-0.15, -0.1) is 0 Å². The fourth-order valence-corrected chi connectivity index (χ4v) is 1.62. The molecule has 1 rings (SSSR count). The van der Waals surface area contributed by atoms with Crippen LogP contribution in [0.2, 0.25) is 0 Å². The number of carboxylic acid groups (broad SMARTS) is 2. The molecule has 1 aromatic carbocycles. The average molecular weight is 400 g/mol. The lowest BCUT2D eigenvalue weighted by atomic mass is 10.1. The number of benzene rings is 1. The molecule has 0 aliphatic carbocycles. The van der Waals surface area contributed by atoms with Gasteiger partial charge in [-0.1, -0.05) is 19.1 Å². The SMILES string of the molecule is CCN.NC(Cc1ccc(O)cc1)C(=O)O.NC(N)=NCCCC(N)C(=O)O. The number of rotatable bonds is 8. The summed E-state index contributed by atoms with van der Waals surface area (Å²) < 4.78 is 0. The summed E-state index contributed by atoms with van der Waals surface area (Å²) in [6, 6.07) is 4.60. The van der Waals surface area contributed by atoms with E-state index in [0.29, 0.717) is 19.4 Å². The Balaban J connectivity index is 0. The van der Waals surface area contributed by atoms with Gasteiger partial charge in [0.15, 0.2) is 5.96 Å². The monoisotopic (exact) mass is 400 g/mol. The molecule has 0 radical (unpaired) electrons. The molecule has 160 valence electrons.